The van der Waals surface area contributed by atoms with Crippen LogP contribution in [0.1, 0.15) is 54.5 Å². The van der Waals surface area contributed by atoms with Crippen molar-refractivity contribution < 1.29 is 14.3 Å². The van der Waals surface area contributed by atoms with E-state index in [1.54, 1.807) is 11.8 Å². The van der Waals surface area contributed by atoms with Crippen LogP contribution in [-0.4, -0.2) is 35.9 Å². The molecule has 0 bridgehead atoms. The average molecular weight is 425 g/mol. The summed E-state index contributed by atoms with van der Waals surface area (Å²) in [5.74, 6) is 0.358. The Hall–Kier alpha value is -2.82. The zero-order chi connectivity index (χ0) is 23.0. The van der Waals surface area contributed by atoms with Gasteiger partial charge in [0.25, 0.3) is 5.91 Å². The molecule has 0 aliphatic heterocycles. The molecule has 0 aromatic heterocycles. The topological polar surface area (TPSA) is 58.6 Å². The van der Waals surface area contributed by atoms with Crippen molar-refractivity contribution in [1.82, 2.24) is 10.2 Å². The Morgan fingerprint density at radius 3 is 2.48 bits per heavy atom. The summed E-state index contributed by atoms with van der Waals surface area (Å²) in [7, 11) is 0. The molecule has 168 valence electrons. The number of hydrogen-bond acceptors (Lipinski definition) is 3. The Morgan fingerprint density at radius 1 is 1.06 bits per heavy atom. The third kappa shape index (κ3) is 7.12. The molecule has 0 saturated heterocycles. The summed E-state index contributed by atoms with van der Waals surface area (Å²) in [6.45, 7) is 12.8. The first-order chi connectivity index (χ1) is 14.7. The number of carbonyl (C=O) groups excluding carboxylic acids is 2. The molecule has 0 aliphatic carbocycles. The predicted molar refractivity (Wildman–Crippen MR) is 125 cm³/mol. The molecule has 5 nitrogen and oxygen atoms in total. The average Bonchev–Trinajstić information content (AvgIpc) is 2.73. The molecule has 2 aromatic carbocycles. The number of hydrogen-bond donors (Lipinski definition) is 1. The van der Waals surface area contributed by atoms with Crippen LogP contribution in [-0.2, 0) is 16.1 Å². The van der Waals surface area contributed by atoms with Gasteiger partial charge in [-0.25, -0.2) is 0 Å². The van der Waals surface area contributed by atoms with E-state index in [1.807, 2.05) is 58.0 Å². The minimum atomic E-state index is -0.589. The molecule has 0 heterocycles. The summed E-state index contributed by atoms with van der Waals surface area (Å²) in [6, 6.07) is 11.4. The number of ether oxygens (including phenoxy) is 1. The van der Waals surface area contributed by atoms with Crippen molar-refractivity contribution >= 4 is 11.8 Å². The second-order valence-corrected chi connectivity index (χ2v) is 8.32. The first-order valence-corrected chi connectivity index (χ1v) is 11.1. The monoisotopic (exact) mass is 424 g/mol. The van der Waals surface area contributed by atoms with Gasteiger partial charge in [-0.15, -0.1) is 0 Å². The van der Waals surface area contributed by atoms with Gasteiger partial charge in [-0.1, -0.05) is 49.2 Å². The van der Waals surface area contributed by atoms with Crippen LogP contribution in [0, 0.1) is 27.7 Å². The van der Waals surface area contributed by atoms with Gasteiger partial charge in [0.05, 0.1) is 0 Å². The van der Waals surface area contributed by atoms with Crippen molar-refractivity contribution in [2.45, 2.75) is 67.0 Å². The maximum absolute atomic E-state index is 13.2. The number of nitrogens with zero attached hydrogens (tertiary/aromatic N) is 1. The van der Waals surface area contributed by atoms with Gasteiger partial charge in [0.15, 0.2) is 6.61 Å². The van der Waals surface area contributed by atoms with E-state index in [1.165, 1.54) is 0 Å². The molecule has 0 saturated carbocycles. The number of carbonyl (C=O) groups is 2. The molecule has 0 radical (unpaired) electrons. The van der Waals surface area contributed by atoms with Crippen molar-refractivity contribution in [3.05, 3.63) is 64.2 Å². The Balaban J connectivity index is 2.18. The van der Waals surface area contributed by atoms with Crippen molar-refractivity contribution in [2.24, 2.45) is 0 Å². The third-order valence-electron chi connectivity index (χ3n) is 5.55. The molecule has 5 heteroatoms. The van der Waals surface area contributed by atoms with Crippen LogP contribution in [0.15, 0.2) is 36.4 Å². The Bertz CT molecular complexity index is 908. The maximum Gasteiger partial charge on any atom is 0.261 e. The van der Waals surface area contributed by atoms with E-state index in [0.29, 0.717) is 18.8 Å². The lowest BCUT2D eigenvalue weighted by Gasteiger charge is -2.29. The van der Waals surface area contributed by atoms with E-state index >= 15 is 0 Å². The van der Waals surface area contributed by atoms with E-state index in [-0.39, 0.29) is 18.4 Å². The van der Waals surface area contributed by atoms with Crippen LogP contribution in [0.5, 0.6) is 5.75 Å². The van der Waals surface area contributed by atoms with E-state index < -0.39 is 6.04 Å². The zero-order valence-electron chi connectivity index (χ0n) is 19.7. The fourth-order valence-electron chi connectivity index (χ4n) is 3.50. The molecule has 1 unspecified atom stereocenters. The van der Waals surface area contributed by atoms with Crippen LogP contribution in [0.2, 0.25) is 0 Å². The van der Waals surface area contributed by atoms with Gasteiger partial charge >= 0.3 is 0 Å². The number of aryl methyl sites for hydroxylation is 3. The molecular weight excluding hydrogens is 388 g/mol. The fourth-order valence-corrected chi connectivity index (χ4v) is 3.50. The van der Waals surface area contributed by atoms with Gasteiger partial charge in [-0.05, 0) is 69.4 Å². The largest absolute Gasteiger partial charge is 0.483 e. The molecule has 1 N–H and O–H groups in total. The highest BCUT2D eigenvalue weighted by Crippen LogP contribution is 2.23. The maximum atomic E-state index is 13.2. The molecule has 2 rings (SSSR count). The van der Waals surface area contributed by atoms with Gasteiger partial charge in [0, 0.05) is 13.1 Å². The van der Waals surface area contributed by atoms with Crippen molar-refractivity contribution in [2.75, 3.05) is 13.2 Å². The molecule has 0 fully saturated rings. The molecular formula is C26H36N2O3. The molecule has 2 aromatic rings. The lowest BCUT2D eigenvalue weighted by molar-refractivity contribution is -0.142. The second-order valence-electron chi connectivity index (χ2n) is 8.32. The summed E-state index contributed by atoms with van der Waals surface area (Å²) in [4.78, 5) is 27.5. The first kappa shape index (κ1) is 24.4. The van der Waals surface area contributed by atoms with Crippen LogP contribution in [0.4, 0.5) is 0 Å². The van der Waals surface area contributed by atoms with Crippen LogP contribution in [0.25, 0.3) is 0 Å². The first-order valence-electron chi connectivity index (χ1n) is 11.1. The van der Waals surface area contributed by atoms with E-state index in [2.05, 4.69) is 18.3 Å². The molecule has 0 aliphatic rings. The van der Waals surface area contributed by atoms with Crippen LogP contribution in [0.3, 0.4) is 0 Å². The number of unbranched alkanes of at least 4 members (excludes halogenated alkanes) is 1. The SMILES string of the molecule is CCCCNC(=O)C(C)N(Cc1cccc(C)c1)C(=O)COc1cc(C)cc(C)c1C. The highest BCUT2D eigenvalue weighted by molar-refractivity contribution is 5.88. The van der Waals surface area contributed by atoms with E-state index in [9.17, 15) is 9.59 Å². The summed E-state index contributed by atoms with van der Waals surface area (Å²) >= 11 is 0. The number of rotatable bonds is 10. The number of nitrogens with one attached hydrogen (secondary N) is 1. The van der Waals surface area contributed by atoms with Crippen molar-refractivity contribution in [1.29, 1.82) is 0 Å². The summed E-state index contributed by atoms with van der Waals surface area (Å²) in [6.07, 6.45) is 1.92. The zero-order valence-corrected chi connectivity index (χ0v) is 19.7. The summed E-state index contributed by atoms with van der Waals surface area (Å²) < 4.78 is 5.91. The van der Waals surface area contributed by atoms with E-state index in [0.717, 1.165) is 40.7 Å². The summed E-state index contributed by atoms with van der Waals surface area (Å²) in [5.41, 5.74) is 5.35. The summed E-state index contributed by atoms with van der Waals surface area (Å²) in [5, 5.41) is 2.94. The van der Waals surface area contributed by atoms with Crippen LogP contribution < -0.4 is 10.1 Å². The van der Waals surface area contributed by atoms with Crippen molar-refractivity contribution in [3.63, 3.8) is 0 Å². The molecule has 2 amide bonds. The minimum Gasteiger partial charge on any atom is -0.483 e. The van der Waals surface area contributed by atoms with E-state index in [4.69, 9.17) is 4.74 Å². The Labute approximate surface area is 186 Å². The highest BCUT2D eigenvalue weighted by Gasteiger charge is 2.26. The normalized spacial score (nSPS) is 11.7. The highest BCUT2D eigenvalue weighted by atomic mass is 16.5. The minimum absolute atomic E-state index is 0.109. The van der Waals surface area contributed by atoms with Gasteiger partial charge < -0.3 is 15.0 Å². The number of amides is 2. The standard InChI is InChI=1S/C26H36N2O3/c1-7-8-12-27-26(30)22(6)28(16-23-11-9-10-18(2)14-23)25(29)17-31-24-15-19(3)13-20(4)21(24)5/h9-11,13-15,22H,7-8,12,16-17H2,1-6H3,(H,27,30). The third-order valence-corrected chi connectivity index (χ3v) is 5.55. The van der Waals surface area contributed by atoms with Crippen LogP contribution >= 0.6 is 0 Å². The smallest absolute Gasteiger partial charge is 0.261 e. The quantitative estimate of drug-likeness (QED) is 0.566. The predicted octanol–water partition coefficient (Wildman–Crippen LogP) is 4.63. The number of benzene rings is 2. The molecule has 31 heavy (non-hydrogen) atoms. The Morgan fingerprint density at radius 2 is 1.81 bits per heavy atom. The van der Waals surface area contributed by atoms with Gasteiger partial charge in [0.2, 0.25) is 5.91 Å². The lowest BCUT2D eigenvalue weighted by Crippen LogP contribution is -2.49. The fraction of sp³-hybridized carbons (Fsp3) is 0.462. The molecule has 0 spiro atoms. The van der Waals surface area contributed by atoms with Gasteiger partial charge in [0.1, 0.15) is 11.8 Å². The Kier molecular flexibility index (Phi) is 9.10. The second kappa shape index (κ2) is 11.5. The van der Waals surface area contributed by atoms with Crippen molar-refractivity contribution in [3.8, 4) is 5.75 Å². The molecule has 1 atom stereocenters. The van der Waals surface area contributed by atoms with Gasteiger partial charge in [-0.2, -0.15) is 0 Å². The van der Waals surface area contributed by atoms with Gasteiger partial charge in [-0.3, -0.25) is 9.59 Å². The lowest BCUT2D eigenvalue weighted by atomic mass is 10.1.